The van der Waals surface area contributed by atoms with E-state index in [4.69, 9.17) is 17.3 Å². The van der Waals surface area contributed by atoms with Crippen molar-refractivity contribution in [1.82, 2.24) is 4.72 Å². The van der Waals surface area contributed by atoms with Gasteiger partial charge >= 0.3 is 0 Å². The third-order valence-electron chi connectivity index (χ3n) is 3.40. The number of hydrogen-bond donors (Lipinski definition) is 2. The van der Waals surface area contributed by atoms with Crippen LogP contribution < -0.4 is 10.5 Å². The van der Waals surface area contributed by atoms with E-state index < -0.39 is 15.6 Å². The van der Waals surface area contributed by atoms with Gasteiger partial charge in [0.15, 0.2) is 0 Å². The summed E-state index contributed by atoms with van der Waals surface area (Å²) >= 11 is 7.01. The van der Waals surface area contributed by atoms with Gasteiger partial charge in [-0.25, -0.2) is 13.1 Å². The van der Waals surface area contributed by atoms with E-state index in [0.29, 0.717) is 10.9 Å². The second-order valence-corrected chi connectivity index (χ2v) is 8.38. The molecule has 1 aromatic heterocycles. The van der Waals surface area contributed by atoms with Crippen LogP contribution in [0.15, 0.2) is 10.3 Å². The first kappa shape index (κ1) is 17.2. The summed E-state index contributed by atoms with van der Waals surface area (Å²) in [7, 11) is -3.51. The largest absolute Gasteiger partial charge is 0.329 e. The topological polar surface area (TPSA) is 72.2 Å². The van der Waals surface area contributed by atoms with E-state index in [-0.39, 0.29) is 16.6 Å². The highest BCUT2D eigenvalue weighted by Gasteiger charge is 2.37. The van der Waals surface area contributed by atoms with E-state index in [9.17, 15) is 8.42 Å². The van der Waals surface area contributed by atoms with Crippen LogP contribution in [0.1, 0.15) is 31.2 Å². The van der Waals surface area contributed by atoms with E-state index in [1.54, 1.807) is 13.0 Å². The number of rotatable bonds is 4. The molecule has 3 N–H and O–H groups in total. The lowest BCUT2D eigenvalue weighted by atomic mass is 10.0. The van der Waals surface area contributed by atoms with Crippen molar-refractivity contribution >= 4 is 45.4 Å². The number of nitrogens with two attached hydrogens (primary N) is 1. The number of halogens is 2. The van der Waals surface area contributed by atoms with E-state index in [0.717, 1.165) is 42.6 Å². The molecule has 0 saturated heterocycles. The van der Waals surface area contributed by atoms with Crippen LogP contribution in [0.5, 0.6) is 0 Å². The lowest BCUT2D eigenvalue weighted by Crippen LogP contribution is -2.51. The smallest absolute Gasteiger partial charge is 0.250 e. The first-order valence-corrected chi connectivity index (χ1v) is 8.56. The Bertz CT molecular complexity index is 517. The van der Waals surface area contributed by atoms with Crippen LogP contribution in [0.25, 0.3) is 0 Å². The van der Waals surface area contributed by atoms with Gasteiger partial charge in [-0.05, 0) is 31.4 Å². The molecular formula is C11H18Cl2N2O2S2. The van der Waals surface area contributed by atoms with Crippen LogP contribution >= 0.6 is 35.3 Å². The number of nitrogens with one attached hydrogen (secondary N) is 1. The molecule has 1 aliphatic rings. The van der Waals surface area contributed by atoms with Crippen molar-refractivity contribution < 1.29 is 8.42 Å². The predicted octanol–water partition coefficient (Wildman–Crippen LogP) is 2.68. The molecule has 2 rings (SSSR count). The van der Waals surface area contributed by atoms with E-state index >= 15 is 0 Å². The maximum Gasteiger partial charge on any atom is 0.250 e. The van der Waals surface area contributed by atoms with Crippen LogP contribution in [0.3, 0.4) is 0 Å². The van der Waals surface area contributed by atoms with E-state index in [2.05, 4.69) is 4.72 Å². The van der Waals surface area contributed by atoms with Gasteiger partial charge in [0, 0.05) is 12.1 Å². The molecule has 4 nitrogen and oxygen atoms in total. The highest BCUT2D eigenvalue weighted by molar-refractivity contribution is 7.91. The van der Waals surface area contributed by atoms with Crippen molar-refractivity contribution in [3.05, 3.63) is 16.0 Å². The predicted molar refractivity (Wildman–Crippen MR) is 81.9 cm³/mol. The minimum Gasteiger partial charge on any atom is -0.329 e. The van der Waals surface area contributed by atoms with Crippen molar-refractivity contribution in [2.75, 3.05) is 6.54 Å². The number of hydrogen-bond acceptors (Lipinski definition) is 4. The minimum absolute atomic E-state index is 0. The zero-order valence-corrected chi connectivity index (χ0v) is 13.8. The molecule has 19 heavy (non-hydrogen) atoms. The van der Waals surface area contributed by atoms with E-state index in [1.807, 2.05) is 0 Å². The third kappa shape index (κ3) is 3.62. The van der Waals surface area contributed by atoms with Crippen LogP contribution in [-0.4, -0.2) is 20.5 Å². The van der Waals surface area contributed by atoms with Crippen molar-refractivity contribution in [1.29, 1.82) is 0 Å². The fourth-order valence-corrected chi connectivity index (χ4v) is 5.48. The fourth-order valence-electron chi connectivity index (χ4n) is 2.30. The Hall–Kier alpha value is 0.150. The summed E-state index contributed by atoms with van der Waals surface area (Å²) in [4.78, 5) is 0. The SMILES string of the molecule is Cc1cc(S(=O)(=O)NC2(CN)CCCC2)sc1Cl.Cl. The molecule has 0 amide bonds. The first-order valence-electron chi connectivity index (χ1n) is 5.89. The molecule has 110 valence electrons. The van der Waals surface area contributed by atoms with Gasteiger partial charge in [0.1, 0.15) is 4.21 Å². The van der Waals surface area contributed by atoms with Gasteiger partial charge in [-0.2, -0.15) is 0 Å². The number of sulfonamides is 1. The van der Waals surface area contributed by atoms with Gasteiger partial charge in [-0.1, -0.05) is 24.4 Å². The van der Waals surface area contributed by atoms with Crippen molar-refractivity contribution in [3.8, 4) is 0 Å². The molecule has 0 radical (unpaired) electrons. The zero-order chi connectivity index (χ0) is 13.4. The Morgan fingerprint density at radius 3 is 2.47 bits per heavy atom. The van der Waals surface area contributed by atoms with Crippen LogP contribution in [0.4, 0.5) is 0 Å². The first-order chi connectivity index (χ1) is 8.38. The Morgan fingerprint density at radius 1 is 1.47 bits per heavy atom. The normalized spacial score (nSPS) is 18.3. The second kappa shape index (κ2) is 6.28. The average molecular weight is 345 g/mol. The summed E-state index contributed by atoms with van der Waals surface area (Å²) in [5.41, 5.74) is 6.06. The third-order valence-corrected chi connectivity index (χ3v) is 7.01. The maximum absolute atomic E-state index is 12.3. The molecule has 1 heterocycles. The lowest BCUT2D eigenvalue weighted by Gasteiger charge is -2.27. The van der Waals surface area contributed by atoms with E-state index in [1.165, 1.54) is 0 Å². The number of thiophene rings is 1. The van der Waals surface area contributed by atoms with Gasteiger partial charge in [-0.3, -0.25) is 0 Å². The fraction of sp³-hybridized carbons (Fsp3) is 0.636. The molecule has 8 heteroatoms. The summed E-state index contributed by atoms with van der Waals surface area (Å²) in [6.07, 6.45) is 3.65. The Labute approximate surface area is 129 Å². The van der Waals surface area contributed by atoms with Crippen molar-refractivity contribution in [3.63, 3.8) is 0 Å². The summed E-state index contributed by atoms with van der Waals surface area (Å²) in [6, 6.07) is 1.61. The zero-order valence-electron chi connectivity index (χ0n) is 10.6. The molecule has 0 spiro atoms. The standard InChI is InChI=1S/C11H17ClN2O2S2.ClH/c1-8-6-9(17-10(8)12)18(15,16)14-11(7-13)4-2-3-5-11;/h6,14H,2-5,7,13H2,1H3;1H. The Balaban J connectivity index is 0.00000180. The molecule has 0 aliphatic heterocycles. The molecule has 0 bridgehead atoms. The van der Waals surface area contributed by atoms with Crippen molar-refractivity contribution in [2.24, 2.45) is 5.73 Å². The highest BCUT2D eigenvalue weighted by atomic mass is 35.5. The average Bonchev–Trinajstić information content (AvgIpc) is 2.88. The summed E-state index contributed by atoms with van der Waals surface area (Å²) in [5.74, 6) is 0. The second-order valence-electron chi connectivity index (χ2n) is 4.82. The quantitative estimate of drug-likeness (QED) is 0.881. The summed E-state index contributed by atoms with van der Waals surface area (Å²) < 4.78 is 28.2. The van der Waals surface area contributed by atoms with Crippen LogP contribution in [0, 0.1) is 6.92 Å². The van der Waals surface area contributed by atoms with Crippen molar-refractivity contribution in [2.45, 2.75) is 42.4 Å². The van der Waals surface area contributed by atoms with Gasteiger partial charge in [0.25, 0.3) is 10.0 Å². The van der Waals surface area contributed by atoms with Gasteiger partial charge in [-0.15, -0.1) is 23.7 Å². The van der Waals surface area contributed by atoms with Gasteiger partial charge in [0.2, 0.25) is 0 Å². The summed E-state index contributed by atoms with van der Waals surface area (Å²) in [6.45, 7) is 2.14. The Kier molecular flexibility index (Phi) is 5.69. The molecule has 1 aliphatic carbocycles. The number of aryl methyl sites for hydroxylation is 1. The highest BCUT2D eigenvalue weighted by Crippen LogP contribution is 2.34. The van der Waals surface area contributed by atoms with Crippen LogP contribution in [0.2, 0.25) is 4.34 Å². The summed E-state index contributed by atoms with van der Waals surface area (Å²) in [5, 5.41) is 0. The molecule has 1 saturated carbocycles. The molecule has 0 atom stereocenters. The molecule has 0 aromatic carbocycles. The lowest BCUT2D eigenvalue weighted by molar-refractivity contribution is 0.400. The molecule has 1 aromatic rings. The molecular weight excluding hydrogens is 327 g/mol. The van der Waals surface area contributed by atoms with Gasteiger partial charge in [0.05, 0.1) is 4.34 Å². The minimum atomic E-state index is -3.51. The monoisotopic (exact) mass is 344 g/mol. The molecule has 0 unspecified atom stereocenters. The maximum atomic E-state index is 12.3. The Morgan fingerprint density at radius 2 is 2.05 bits per heavy atom. The van der Waals surface area contributed by atoms with Crippen LogP contribution in [-0.2, 0) is 10.0 Å². The van der Waals surface area contributed by atoms with Gasteiger partial charge < -0.3 is 5.73 Å². The molecule has 1 fully saturated rings.